The standard InChI is InChI=1S/C13H19O3PS/c14-17(15)16-10-6-1-2-7-11-18-12-13-8-4-3-5-9-13/h3-5,8-9H,1-2,6-7,10-12H2/p+1. The smallest absolute Gasteiger partial charge is 0.157 e. The molecule has 1 unspecified atom stereocenters. The minimum absolute atomic E-state index is 0.392. The minimum atomic E-state index is -2.41. The summed E-state index contributed by atoms with van der Waals surface area (Å²) in [5, 5.41) is 0. The fourth-order valence-electron chi connectivity index (χ4n) is 1.57. The van der Waals surface area contributed by atoms with Crippen molar-refractivity contribution in [2.24, 2.45) is 0 Å². The summed E-state index contributed by atoms with van der Waals surface area (Å²) in [5.41, 5.74) is 1.38. The fraction of sp³-hybridized carbons (Fsp3) is 0.538. The van der Waals surface area contributed by atoms with Gasteiger partial charge in [0, 0.05) is 10.3 Å². The molecule has 18 heavy (non-hydrogen) atoms. The number of benzene rings is 1. The van der Waals surface area contributed by atoms with Gasteiger partial charge in [0.05, 0.1) is 0 Å². The van der Waals surface area contributed by atoms with Crippen LogP contribution in [0.5, 0.6) is 0 Å². The minimum Gasteiger partial charge on any atom is -0.157 e. The number of unbranched alkanes of at least 4 members (excludes halogenated alkanes) is 3. The van der Waals surface area contributed by atoms with Gasteiger partial charge in [0.1, 0.15) is 6.61 Å². The highest BCUT2D eigenvalue weighted by molar-refractivity contribution is 7.98. The topological polar surface area (TPSA) is 46.5 Å². The van der Waals surface area contributed by atoms with Gasteiger partial charge in [0.25, 0.3) is 0 Å². The van der Waals surface area contributed by atoms with Crippen molar-refractivity contribution in [3.8, 4) is 0 Å². The zero-order valence-electron chi connectivity index (χ0n) is 10.5. The summed E-state index contributed by atoms with van der Waals surface area (Å²) in [6.07, 6.45) is 4.29. The Balaban J connectivity index is 1.86. The Morgan fingerprint density at radius 2 is 1.83 bits per heavy atom. The Bertz CT molecular complexity index is 332. The van der Waals surface area contributed by atoms with Gasteiger partial charge in [-0.15, -0.1) is 9.42 Å². The van der Waals surface area contributed by atoms with E-state index in [4.69, 9.17) is 4.89 Å². The zero-order valence-corrected chi connectivity index (χ0v) is 12.2. The average Bonchev–Trinajstić information content (AvgIpc) is 2.37. The van der Waals surface area contributed by atoms with E-state index in [1.54, 1.807) is 0 Å². The van der Waals surface area contributed by atoms with Crippen LogP contribution in [0.2, 0.25) is 0 Å². The van der Waals surface area contributed by atoms with Gasteiger partial charge in [-0.25, -0.2) is 0 Å². The van der Waals surface area contributed by atoms with Crippen molar-refractivity contribution in [3.05, 3.63) is 35.9 Å². The van der Waals surface area contributed by atoms with Gasteiger partial charge < -0.3 is 0 Å². The van der Waals surface area contributed by atoms with Crippen molar-refractivity contribution in [2.75, 3.05) is 12.4 Å². The largest absolute Gasteiger partial charge is 0.694 e. The predicted molar refractivity (Wildman–Crippen MR) is 76.8 cm³/mol. The van der Waals surface area contributed by atoms with Gasteiger partial charge in [0.2, 0.25) is 0 Å². The molecular weight excluding hydrogens is 267 g/mol. The summed E-state index contributed by atoms with van der Waals surface area (Å²) in [5.74, 6) is 2.25. The Kier molecular flexibility index (Phi) is 9.13. The molecule has 100 valence electrons. The van der Waals surface area contributed by atoms with Gasteiger partial charge in [0.15, 0.2) is 0 Å². The molecule has 5 heteroatoms. The number of thioether (sulfide) groups is 1. The van der Waals surface area contributed by atoms with E-state index in [9.17, 15) is 4.57 Å². The highest BCUT2D eigenvalue weighted by Crippen LogP contribution is 2.16. The molecule has 0 bridgehead atoms. The molecule has 0 aliphatic carbocycles. The van der Waals surface area contributed by atoms with Gasteiger partial charge >= 0.3 is 8.25 Å². The maximum atomic E-state index is 10.2. The summed E-state index contributed by atoms with van der Waals surface area (Å²) >= 11 is 1.96. The second-order valence-electron chi connectivity index (χ2n) is 4.02. The van der Waals surface area contributed by atoms with E-state index >= 15 is 0 Å². The molecule has 0 saturated heterocycles. The average molecular weight is 287 g/mol. The van der Waals surface area contributed by atoms with E-state index in [0.717, 1.165) is 25.0 Å². The van der Waals surface area contributed by atoms with Crippen molar-refractivity contribution in [3.63, 3.8) is 0 Å². The van der Waals surface area contributed by atoms with Gasteiger partial charge in [-0.1, -0.05) is 43.2 Å². The molecule has 3 nitrogen and oxygen atoms in total. The first-order chi connectivity index (χ1) is 8.79. The van der Waals surface area contributed by atoms with Crippen LogP contribution >= 0.6 is 20.0 Å². The lowest BCUT2D eigenvalue weighted by atomic mass is 10.2. The molecule has 0 heterocycles. The molecule has 1 atom stereocenters. The van der Waals surface area contributed by atoms with Gasteiger partial charge in [-0.3, -0.25) is 0 Å². The van der Waals surface area contributed by atoms with E-state index in [1.807, 2.05) is 17.8 Å². The molecule has 0 amide bonds. The van der Waals surface area contributed by atoms with Crippen molar-refractivity contribution < 1.29 is 14.0 Å². The van der Waals surface area contributed by atoms with Crippen molar-refractivity contribution >= 4 is 20.0 Å². The van der Waals surface area contributed by atoms with Gasteiger partial charge in [-0.2, -0.15) is 11.8 Å². The zero-order chi connectivity index (χ0) is 13.1. The Morgan fingerprint density at radius 1 is 1.11 bits per heavy atom. The molecule has 1 N–H and O–H groups in total. The molecule has 1 aromatic rings. The Labute approximate surface area is 114 Å². The third kappa shape index (κ3) is 8.65. The molecule has 0 radical (unpaired) electrons. The first kappa shape index (κ1) is 15.6. The lowest BCUT2D eigenvalue weighted by Gasteiger charge is -2.01. The van der Waals surface area contributed by atoms with E-state index in [1.165, 1.54) is 17.7 Å². The van der Waals surface area contributed by atoms with Crippen molar-refractivity contribution in [2.45, 2.75) is 31.4 Å². The number of hydrogen-bond acceptors (Lipinski definition) is 3. The van der Waals surface area contributed by atoms with Crippen LogP contribution in [0, 0.1) is 0 Å². The molecule has 0 fully saturated rings. The summed E-state index contributed by atoms with van der Waals surface area (Å²) in [4.78, 5) is 8.42. The van der Waals surface area contributed by atoms with Crippen LogP contribution in [0.3, 0.4) is 0 Å². The maximum absolute atomic E-state index is 10.2. The van der Waals surface area contributed by atoms with E-state index in [0.29, 0.717) is 6.61 Å². The van der Waals surface area contributed by atoms with Crippen molar-refractivity contribution in [1.82, 2.24) is 0 Å². The van der Waals surface area contributed by atoms with Crippen LogP contribution in [0.4, 0.5) is 0 Å². The number of hydrogen-bond donors (Lipinski definition) is 1. The third-order valence-electron chi connectivity index (χ3n) is 2.50. The SMILES string of the molecule is O=[P+](O)OCCCCCCSCc1ccccc1. The lowest BCUT2D eigenvalue weighted by molar-refractivity contribution is 0.274. The van der Waals surface area contributed by atoms with Gasteiger partial charge in [-0.05, 0) is 24.2 Å². The Morgan fingerprint density at radius 3 is 2.56 bits per heavy atom. The number of rotatable bonds is 10. The van der Waals surface area contributed by atoms with Crippen LogP contribution in [-0.2, 0) is 14.8 Å². The fourth-order valence-corrected chi connectivity index (χ4v) is 2.83. The molecule has 1 rings (SSSR count). The molecule has 0 aliphatic rings. The quantitative estimate of drug-likeness (QED) is 0.519. The van der Waals surface area contributed by atoms with Crippen LogP contribution < -0.4 is 0 Å². The summed E-state index contributed by atoms with van der Waals surface area (Å²) in [7, 11) is -2.41. The molecule has 0 aromatic heterocycles. The van der Waals surface area contributed by atoms with E-state index in [-0.39, 0.29) is 0 Å². The van der Waals surface area contributed by atoms with Crippen LogP contribution in [-0.4, -0.2) is 17.3 Å². The third-order valence-corrected chi connectivity index (χ3v) is 4.01. The molecular formula is C13H20O3PS+. The monoisotopic (exact) mass is 287 g/mol. The molecule has 0 aliphatic heterocycles. The van der Waals surface area contributed by atoms with E-state index < -0.39 is 8.25 Å². The molecule has 0 spiro atoms. The summed E-state index contributed by atoms with van der Waals surface area (Å²) in [6, 6.07) is 10.5. The first-order valence-electron chi connectivity index (χ1n) is 6.20. The van der Waals surface area contributed by atoms with Crippen LogP contribution in [0.15, 0.2) is 30.3 Å². The summed E-state index contributed by atoms with van der Waals surface area (Å²) in [6.45, 7) is 0.392. The highest BCUT2D eigenvalue weighted by Gasteiger charge is 2.09. The Hall–Kier alpha value is -0.410. The molecule has 0 saturated carbocycles. The normalized spacial score (nSPS) is 11.5. The maximum Gasteiger partial charge on any atom is 0.694 e. The highest BCUT2D eigenvalue weighted by atomic mass is 32.2. The summed E-state index contributed by atoms with van der Waals surface area (Å²) < 4.78 is 14.8. The van der Waals surface area contributed by atoms with Crippen LogP contribution in [0.25, 0.3) is 0 Å². The van der Waals surface area contributed by atoms with E-state index in [2.05, 4.69) is 28.8 Å². The molecule has 1 aromatic carbocycles. The predicted octanol–water partition coefficient (Wildman–Crippen LogP) is 4.15. The lowest BCUT2D eigenvalue weighted by Crippen LogP contribution is -1.88. The second kappa shape index (κ2) is 10.5. The van der Waals surface area contributed by atoms with Crippen molar-refractivity contribution in [1.29, 1.82) is 0 Å². The second-order valence-corrected chi connectivity index (χ2v) is 5.86. The first-order valence-corrected chi connectivity index (χ1v) is 8.48. The van der Waals surface area contributed by atoms with Crippen LogP contribution in [0.1, 0.15) is 31.2 Å².